The molecule has 6 nitrogen and oxygen atoms in total. The molecule has 0 bridgehead atoms. The van der Waals surface area contributed by atoms with Crippen molar-refractivity contribution in [1.82, 2.24) is 9.80 Å². The molecule has 3 aliphatic heterocycles. The van der Waals surface area contributed by atoms with Gasteiger partial charge in [-0.25, -0.2) is 0 Å². The first-order valence-corrected chi connectivity index (χ1v) is 11.5. The van der Waals surface area contributed by atoms with E-state index in [4.69, 9.17) is 4.74 Å². The number of piperazine rings is 1. The lowest BCUT2D eigenvalue weighted by atomic mass is 10.0. The summed E-state index contributed by atoms with van der Waals surface area (Å²) < 4.78 is 5.73. The SMILES string of the molecule is Cc1ccc(C2=C(N3CCN(c4ccccc4)CC3)C(=O)N(CC3CCCO3)C2=O)cc1. The summed E-state index contributed by atoms with van der Waals surface area (Å²) in [5, 5.41) is 0. The number of carbonyl (C=O) groups excluding carboxylic acids is 2. The number of hydrogen-bond acceptors (Lipinski definition) is 5. The van der Waals surface area contributed by atoms with E-state index >= 15 is 0 Å². The normalized spacial score (nSPS) is 21.8. The Kier molecular flexibility index (Phi) is 5.70. The van der Waals surface area contributed by atoms with Crippen LogP contribution >= 0.6 is 0 Å². The summed E-state index contributed by atoms with van der Waals surface area (Å²) in [4.78, 5) is 32.9. The van der Waals surface area contributed by atoms with Crippen LogP contribution in [0.15, 0.2) is 60.3 Å². The van der Waals surface area contributed by atoms with Gasteiger partial charge in [0.05, 0.1) is 18.2 Å². The Hall–Kier alpha value is -3.12. The van der Waals surface area contributed by atoms with Gasteiger partial charge in [0.15, 0.2) is 0 Å². The standard InChI is InChI=1S/C26H29N3O3/c1-19-9-11-20(12-10-19)23-24(26(31)29(25(23)30)18-22-8-5-17-32-22)28-15-13-27(14-16-28)21-6-3-2-4-7-21/h2-4,6-7,9-12,22H,5,8,13-18H2,1H3. The maximum Gasteiger partial charge on any atom is 0.277 e. The van der Waals surface area contributed by atoms with Gasteiger partial charge in [-0.15, -0.1) is 0 Å². The zero-order valence-corrected chi connectivity index (χ0v) is 18.5. The fourth-order valence-corrected chi connectivity index (χ4v) is 4.82. The van der Waals surface area contributed by atoms with Gasteiger partial charge in [0.1, 0.15) is 5.70 Å². The molecule has 3 aliphatic rings. The van der Waals surface area contributed by atoms with E-state index in [1.54, 1.807) is 0 Å². The molecule has 5 rings (SSSR count). The lowest BCUT2D eigenvalue weighted by Crippen LogP contribution is -2.48. The molecule has 2 fully saturated rings. The van der Waals surface area contributed by atoms with Crippen molar-refractivity contribution >= 4 is 23.1 Å². The summed E-state index contributed by atoms with van der Waals surface area (Å²) in [5.74, 6) is -0.385. The second kappa shape index (κ2) is 8.79. The first-order chi connectivity index (χ1) is 15.6. The molecule has 1 unspecified atom stereocenters. The second-order valence-electron chi connectivity index (χ2n) is 8.76. The summed E-state index contributed by atoms with van der Waals surface area (Å²) in [6.45, 7) is 6.07. The van der Waals surface area contributed by atoms with Crippen LogP contribution in [0.1, 0.15) is 24.0 Å². The Bertz CT molecular complexity index is 1020. The molecular formula is C26H29N3O3. The van der Waals surface area contributed by atoms with Crippen LogP contribution < -0.4 is 4.90 Å². The van der Waals surface area contributed by atoms with Gasteiger partial charge in [0, 0.05) is 38.5 Å². The number of amides is 2. The molecule has 2 amide bonds. The third kappa shape index (κ3) is 3.91. The Morgan fingerprint density at radius 1 is 0.875 bits per heavy atom. The highest BCUT2D eigenvalue weighted by molar-refractivity contribution is 6.35. The number of para-hydroxylation sites is 1. The summed E-state index contributed by atoms with van der Waals surface area (Å²) in [7, 11) is 0. The summed E-state index contributed by atoms with van der Waals surface area (Å²) in [6.07, 6.45) is 1.81. The third-order valence-electron chi connectivity index (χ3n) is 6.61. The number of benzene rings is 2. The molecule has 0 aliphatic carbocycles. The lowest BCUT2D eigenvalue weighted by Gasteiger charge is -2.37. The fourth-order valence-electron chi connectivity index (χ4n) is 4.82. The van der Waals surface area contributed by atoms with Gasteiger partial charge in [-0.1, -0.05) is 48.0 Å². The summed E-state index contributed by atoms with van der Waals surface area (Å²) in [5.41, 5.74) is 4.20. The van der Waals surface area contributed by atoms with Crippen molar-refractivity contribution in [2.24, 2.45) is 0 Å². The van der Waals surface area contributed by atoms with Crippen molar-refractivity contribution in [1.29, 1.82) is 0 Å². The number of carbonyl (C=O) groups is 2. The number of nitrogens with zero attached hydrogens (tertiary/aromatic N) is 3. The van der Waals surface area contributed by atoms with Crippen molar-refractivity contribution in [3.63, 3.8) is 0 Å². The topological polar surface area (TPSA) is 53.1 Å². The second-order valence-corrected chi connectivity index (χ2v) is 8.76. The molecule has 32 heavy (non-hydrogen) atoms. The van der Waals surface area contributed by atoms with E-state index in [0.717, 1.165) is 37.1 Å². The number of aryl methyl sites for hydroxylation is 1. The Morgan fingerprint density at radius 3 is 2.22 bits per heavy atom. The predicted octanol–water partition coefficient (Wildman–Crippen LogP) is 3.08. The van der Waals surface area contributed by atoms with Gasteiger partial charge in [0.2, 0.25) is 0 Å². The van der Waals surface area contributed by atoms with E-state index in [2.05, 4.69) is 21.9 Å². The number of rotatable bonds is 5. The third-order valence-corrected chi connectivity index (χ3v) is 6.61. The van der Waals surface area contributed by atoms with Crippen LogP contribution in [0.3, 0.4) is 0 Å². The summed E-state index contributed by atoms with van der Waals surface area (Å²) in [6, 6.07) is 18.2. The molecule has 166 valence electrons. The fraction of sp³-hybridized carbons (Fsp3) is 0.385. The molecule has 3 heterocycles. The number of ether oxygens (including phenoxy) is 1. The number of hydrogen-bond donors (Lipinski definition) is 0. The molecule has 1 atom stereocenters. The smallest absolute Gasteiger partial charge is 0.277 e. The highest BCUT2D eigenvalue weighted by Gasteiger charge is 2.43. The van der Waals surface area contributed by atoms with Crippen LogP contribution in [0.25, 0.3) is 5.57 Å². The highest BCUT2D eigenvalue weighted by atomic mass is 16.5. The average Bonchev–Trinajstić information content (AvgIpc) is 3.43. The molecule has 2 aromatic rings. The maximum atomic E-state index is 13.5. The lowest BCUT2D eigenvalue weighted by molar-refractivity contribution is -0.139. The quantitative estimate of drug-likeness (QED) is 0.681. The zero-order chi connectivity index (χ0) is 22.1. The summed E-state index contributed by atoms with van der Waals surface area (Å²) >= 11 is 0. The van der Waals surface area contributed by atoms with Gasteiger partial charge in [-0.2, -0.15) is 0 Å². The van der Waals surface area contributed by atoms with Crippen LogP contribution in [0.2, 0.25) is 0 Å². The van der Waals surface area contributed by atoms with Gasteiger partial charge in [-0.05, 0) is 37.5 Å². The van der Waals surface area contributed by atoms with Crippen molar-refractivity contribution < 1.29 is 14.3 Å². The van der Waals surface area contributed by atoms with Crippen LogP contribution in [-0.2, 0) is 14.3 Å². The predicted molar refractivity (Wildman–Crippen MR) is 124 cm³/mol. The first kappa shape index (κ1) is 20.8. The van der Waals surface area contributed by atoms with E-state index in [0.29, 0.717) is 37.5 Å². The molecule has 0 saturated carbocycles. The molecule has 2 saturated heterocycles. The minimum Gasteiger partial charge on any atom is -0.376 e. The van der Waals surface area contributed by atoms with Crippen LogP contribution in [0.5, 0.6) is 0 Å². The maximum absolute atomic E-state index is 13.5. The first-order valence-electron chi connectivity index (χ1n) is 11.5. The number of anilines is 1. The molecule has 2 aromatic carbocycles. The molecule has 0 N–H and O–H groups in total. The van der Waals surface area contributed by atoms with E-state index in [9.17, 15) is 9.59 Å². The van der Waals surface area contributed by atoms with Gasteiger partial charge in [0.25, 0.3) is 11.8 Å². The van der Waals surface area contributed by atoms with Crippen molar-refractivity contribution in [2.45, 2.75) is 25.9 Å². The minimum atomic E-state index is -0.199. The van der Waals surface area contributed by atoms with Crippen molar-refractivity contribution in [2.75, 3.05) is 44.2 Å². The molecule has 6 heteroatoms. The van der Waals surface area contributed by atoms with Crippen LogP contribution in [0.4, 0.5) is 5.69 Å². The van der Waals surface area contributed by atoms with E-state index < -0.39 is 0 Å². The van der Waals surface area contributed by atoms with Crippen molar-refractivity contribution in [3.8, 4) is 0 Å². The minimum absolute atomic E-state index is 0.0588. The van der Waals surface area contributed by atoms with E-state index in [1.807, 2.05) is 49.4 Å². The van der Waals surface area contributed by atoms with Crippen LogP contribution in [0, 0.1) is 6.92 Å². The van der Waals surface area contributed by atoms with E-state index in [1.165, 1.54) is 10.6 Å². The molecule has 0 radical (unpaired) electrons. The monoisotopic (exact) mass is 431 g/mol. The average molecular weight is 432 g/mol. The largest absolute Gasteiger partial charge is 0.376 e. The number of imide groups is 1. The van der Waals surface area contributed by atoms with E-state index in [-0.39, 0.29) is 17.9 Å². The van der Waals surface area contributed by atoms with Gasteiger partial charge >= 0.3 is 0 Å². The van der Waals surface area contributed by atoms with Gasteiger partial charge < -0.3 is 14.5 Å². The van der Waals surface area contributed by atoms with Crippen molar-refractivity contribution in [3.05, 3.63) is 71.4 Å². The van der Waals surface area contributed by atoms with Crippen LogP contribution in [-0.4, -0.2) is 67.0 Å². The zero-order valence-electron chi connectivity index (χ0n) is 18.5. The Labute approximate surface area is 189 Å². The van der Waals surface area contributed by atoms with Gasteiger partial charge in [-0.3, -0.25) is 14.5 Å². The Balaban J connectivity index is 1.43. The molecule has 0 spiro atoms. The Morgan fingerprint density at radius 2 is 1.56 bits per heavy atom. The molecule has 0 aromatic heterocycles. The highest BCUT2D eigenvalue weighted by Crippen LogP contribution is 2.33. The molecular weight excluding hydrogens is 402 g/mol.